The first-order valence-corrected chi connectivity index (χ1v) is 11.6. The number of hydrogen-bond acceptors (Lipinski definition) is 5. The van der Waals surface area contributed by atoms with Crippen LogP contribution in [-0.4, -0.2) is 20.7 Å². The van der Waals surface area contributed by atoms with Gasteiger partial charge in [0.1, 0.15) is 24.7 Å². The van der Waals surface area contributed by atoms with E-state index < -0.39 is 6.04 Å². The van der Waals surface area contributed by atoms with Crippen molar-refractivity contribution in [2.24, 2.45) is 0 Å². The molecular weight excluding hydrogens is 462 g/mol. The molecule has 5 rings (SSSR count). The Bertz CT molecular complexity index is 1380. The molecule has 2 N–H and O–H groups in total. The fraction of sp³-hybridized carbons (Fsp3) is 0.148. The second kappa shape index (κ2) is 10.0. The average Bonchev–Trinajstić information content (AvgIpc) is 3.35. The zero-order valence-corrected chi connectivity index (χ0v) is 19.9. The lowest BCUT2D eigenvalue weighted by atomic mass is 9.95. The molecule has 0 bridgehead atoms. The molecular formula is C27H24ClN5O2. The van der Waals surface area contributed by atoms with Crippen LogP contribution in [0, 0.1) is 0 Å². The minimum Gasteiger partial charge on any atom is -0.489 e. The van der Waals surface area contributed by atoms with E-state index in [0.717, 1.165) is 22.4 Å². The lowest BCUT2D eigenvalue weighted by molar-refractivity contribution is -0.118. The van der Waals surface area contributed by atoms with Crippen molar-refractivity contribution in [1.82, 2.24) is 20.1 Å². The first kappa shape index (κ1) is 22.7. The van der Waals surface area contributed by atoms with Gasteiger partial charge in [-0.1, -0.05) is 72.3 Å². The van der Waals surface area contributed by atoms with Crippen LogP contribution in [0.4, 0.5) is 5.95 Å². The second-order valence-corrected chi connectivity index (χ2v) is 8.62. The van der Waals surface area contributed by atoms with Crippen molar-refractivity contribution in [2.75, 3.05) is 5.32 Å². The highest BCUT2D eigenvalue weighted by Gasteiger charge is 2.33. The van der Waals surface area contributed by atoms with E-state index in [-0.39, 0.29) is 5.91 Å². The standard InChI is InChI=1S/C27H24ClN5O2/c1-18-24(26(34)29-15-19-8-3-2-4-9-19)25(33-27(32-18)30-17-31-33)20-11-7-12-22(14-20)35-16-21-10-5-6-13-23(21)28/h2-14,17,25H,15-16H2,1H3,(H,29,34)(H,30,31,32)/t25-/m1/s1. The van der Waals surface area contributed by atoms with Crippen LogP contribution in [0.2, 0.25) is 5.02 Å². The summed E-state index contributed by atoms with van der Waals surface area (Å²) in [6.45, 7) is 2.64. The summed E-state index contributed by atoms with van der Waals surface area (Å²) in [7, 11) is 0. The number of nitrogens with one attached hydrogen (secondary N) is 2. The predicted molar refractivity (Wildman–Crippen MR) is 135 cm³/mol. The summed E-state index contributed by atoms with van der Waals surface area (Å²) in [5.41, 5.74) is 4.08. The molecule has 1 aliphatic heterocycles. The lowest BCUT2D eigenvalue weighted by Crippen LogP contribution is -2.34. The molecule has 0 radical (unpaired) electrons. The molecule has 1 aliphatic rings. The number of carbonyl (C=O) groups excluding carboxylic acids is 1. The zero-order chi connectivity index (χ0) is 24.2. The Hall–Kier alpha value is -4.10. The highest BCUT2D eigenvalue weighted by molar-refractivity contribution is 6.31. The summed E-state index contributed by atoms with van der Waals surface area (Å²) in [4.78, 5) is 17.7. The lowest BCUT2D eigenvalue weighted by Gasteiger charge is -2.29. The van der Waals surface area contributed by atoms with E-state index in [4.69, 9.17) is 16.3 Å². The number of allylic oxidation sites excluding steroid dienone is 1. The number of benzene rings is 3. The Morgan fingerprint density at radius 3 is 2.71 bits per heavy atom. The van der Waals surface area contributed by atoms with Gasteiger partial charge in [-0.2, -0.15) is 10.1 Å². The maximum absolute atomic E-state index is 13.4. The van der Waals surface area contributed by atoms with Crippen LogP contribution in [0.15, 0.2) is 96.5 Å². The third-order valence-electron chi connectivity index (χ3n) is 5.86. The predicted octanol–water partition coefficient (Wildman–Crippen LogP) is 5.12. The molecule has 35 heavy (non-hydrogen) atoms. The monoisotopic (exact) mass is 485 g/mol. The summed E-state index contributed by atoms with van der Waals surface area (Å²) in [6, 6.07) is 24.6. The second-order valence-electron chi connectivity index (χ2n) is 8.22. The minimum absolute atomic E-state index is 0.174. The fourth-order valence-electron chi connectivity index (χ4n) is 4.12. The van der Waals surface area contributed by atoms with E-state index in [0.29, 0.717) is 35.4 Å². The topological polar surface area (TPSA) is 81.1 Å². The molecule has 0 fully saturated rings. The average molecular weight is 486 g/mol. The number of amides is 1. The van der Waals surface area contributed by atoms with Crippen LogP contribution in [0.25, 0.3) is 0 Å². The molecule has 7 nitrogen and oxygen atoms in total. The van der Waals surface area contributed by atoms with Crippen molar-refractivity contribution < 1.29 is 9.53 Å². The molecule has 0 saturated carbocycles. The molecule has 0 unspecified atom stereocenters. The van der Waals surface area contributed by atoms with Crippen LogP contribution in [0.1, 0.15) is 29.7 Å². The smallest absolute Gasteiger partial charge is 0.251 e. The molecule has 0 aliphatic carbocycles. The molecule has 1 atom stereocenters. The summed E-state index contributed by atoms with van der Waals surface area (Å²) in [6.07, 6.45) is 1.48. The number of anilines is 1. The third-order valence-corrected chi connectivity index (χ3v) is 6.23. The highest BCUT2D eigenvalue weighted by atomic mass is 35.5. The number of nitrogens with zero attached hydrogens (tertiary/aromatic N) is 3. The highest BCUT2D eigenvalue weighted by Crippen LogP contribution is 2.36. The summed E-state index contributed by atoms with van der Waals surface area (Å²) in [5, 5.41) is 11.3. The van der Waals surface area contributed by atoms with Crippen LogP contribution >= 0.6 is 11.6 Å². The Labute approximate surface area is 208 Å². The van der Waals surface area contributed by atoms with Crippen molar-refractivity contribution in [2.45, 2.75) is 26.1 Å². The number of aromatic nitrogens is 3. The van der Waals surface area contributed by atoms with E-state index in [1.165, 1.54) is 6.33 Å². The SMILES string of the molecule is CC1=C(C(=O)NCc2ccccc2)[C@@H](c2cccc(OCc3ccccc3Cl)c2)n2ncnc2N1. The van der Waals surface area contributed by atoms with Gasteiger partial charge >= 0.3 is 0 Å². The van der Waals surface area contributed by atoms with E-state index in [1.54, 1.807) is 4.68 Å². The maximum Gasteiger partial charge on any atom is 0.251 e. The van der Waals surface area contributed by atoms with Gasteiger partial charge in [0, 0.05) is 22.8 Å². The Balaban J connectivity index is 1.42. The van der Waals surface area contributed by atoms with Crippen molar-refractivity contribution in [3.05, 3.63) is 118 Å². The Morgan fingerprint density at radius 2 is 1.89 bits per heavy atom. The Kier molecular flexibility index (Phi) is 6.50. The first-order chi connectivity index (χ1) is 17.1. The van der Waals surface area contributed by atoms with E-state index in [1.807, 2.05) is 85.8 Å². The van der Waals surface area contributed by atoms with Crippen molar-refractivity contribution in [3.8, 4) is 5.75 Å². The van der Waals surface area contributed by atoms with Gasteiger partial charge in [-0.05, 0) is 36.2 Å². The molecule has 1 amide bonds. The van der Waals surface area contributed by atoms with Crippen LogP contribution in [-0.2, 0) is 17.9 Å². The number of fused-ring (bicyclic) bond motifs is 1. The van der Waals surface area contributed by atoms with Gasteiger partial charge < -0.3 is 15.4 Å². The number of rotatable bonds is 7. The molecule has 3 aromatic carbocycles. The van der Waals surface area contributed by atoms with Gasteiger partial charge in [0.05, 0.1) is 5.57 Å². The quantitative estimate of drug-likeness (QED) is 0.380. The van der Waals surface area contributed by atoms with Gasteiger partial charge in [-0.25, -0.2) is 4.68 Å². The number of hydrogen-bond donors (Lipinski definition) is 2. The molecule has 2 heterocycles. The largest absolute Gasteiger partial charge is 0.489 e. The van der Waals surface area contributed by atoms with E-state index >= 15 is 0 Å². The van der Waals surface area contributed by atoms with Gasteiger partial charge in [-0.15, -0.1) is 0 Å². The van der Waals surface area contributed by atoms with Crippen LogP contribution in [0.3, 0.4) is 0 Å². The van der Waals surface area contributed by atoms with Gasteiger partial charge in [0.25, 0.3) is 5.91 Å². The Morgan fingerprint density at radius 1 is 1.09 bits per heavy atom. The van der Waals surface area contributed by atoms with Crippen LogP contribution in [0.5, 0.6) is 5.75 Å². The molecule has 0 saturated heterocycles. The maximum atomic E-state index is 13.4. The number of halogens is 1. The molecule has 4 aromatic rings. The third kappa shape index (κ3) is 4.90. The van der Waals surface area contributed by atoms with Crippen molar-refractivity contribution >= 4 is 23.5 Å². The van der Waals surface area contributed by atoms with E-state index in [9.17, 15) is 4.79 Å². The van der Waals surface area contributed by atoms with Gasteiger partial charge in [-0.3, -0.25) is 4.79 Å². The normalized spacial score (nSPS) is 14.7. The summed E-state index contributed by atoms with van der Waals surface area (Å²) < 4.78 is 7.76. The fourth-order valence-corrected chi connectivity index (χ4v) is 4.31. The summed E-state index contributed by atoms with van der Waals surface area (Å²) >= 11 is 6.28. The number of carbonyl (C=O) groups is 1. The molecule has 0 spiro atoms. The zero-order valence-electron chi connectivity index (χ0n) is 19.1. The van der Waals surface area contributed by atoms with Crippen LogP contribution < -0.4 is 15.4 Å². The summed E-state index contributed by atoms with van der Waals surface area (Å²) in [5.74, 6) is 1.08. The van der Waals surface area contributed by atoms with E-state index in [2.05, 4.69) is 20.7 Å². The molecule has 176 valence electrons. The first-order valence-electron chi connectivity index (χ1n) is 11.3. The minimum atomic E-state index is -0.464. The van der Waals surface area contributed by atoms with Gasteiger partial charge in [0.15, 0.2) is 0 Å². The molecule has 1 aromatic heterocycles. The molecule has 8 heteroatoms. The number of ether oxygens (including phenoxy) is 1. The van der Waals surface area contributed by atoms with Crippen molar-refractivity contribution in [3.63, 3.8) is 0 Å². The van der Waals surface area contributed by atoms with Crippen molar-refractivity contribution in [1.29, 1.82) is 0 Å². The van der Waals surface area contributed by atoms with Gasteiger partial charge in [0.2, 0.25) is 5.95 Å².